The van der Waals surface area contributed by atoms with Crippen LogP contribution in [0.1, 0.15) is 6.92 Å². The minimum Gasteiger partial charge on any atom is -0.353 e. The number of hydrogen-bond acceptors (Lipinski definition) is 2. The highest BCUT2D eigenvalue weighted by Crippen LogP contribution is 1.91. The second-order valence-corrected chi connectivity index (χ2v) is 2.70. The van der Waals surface area contributed by atoms with Crippen LogP contribution in [0, 0.1) is 0 Å². The SMILES string of the molecule is C=C(CN(C)C)C(=O)NCC. The fourth-order valence-electron chi connectivity index (χ4n) is 0.739. The van der Waals surface area contributed by atoms with Crippen molar-refractivity contribution in [2.75, 3.05) is 27.2 Å². The Morgan fingerprint density at radius 2 is 2.09 bits per heavy atom. The molecule has 0 aromatic rings. The zero-order valence-corrected chi connectivity index (χ0v) is 7.48. The van der Waals surface area contributed by atoms with Crippen LogP contribution in [0.5, 0.6) is 0 Å². The maximum Gasteiger partial charge on any atom is 0.247 e. The van der Waals surface area contributed by atoms with E-state index in [1.165, 1.54) is 0 Å². The van der Waals surface area contributed by atoms with Gasteiger partial charge in [-0.3, -0.25) is 4.79 Å². The predicted molar refractivity (Wildman–Crippen MR) is 46.4 cm³/mol. The van der Waals surface area contributed by atoms with Crippen molar-refractivity contribution in [2.24, 2.45) is 0 Å². The third kappa shape index (κ3) is 4.56. The van der Waals surface area contributed by atoms with Crippen LogP contribution in [-0.4, -0.2) is 38.0 Å². The van der Waals surface area contributed by atoms with Crippen molar-refractivity contribution in [3.8, 4) is 0 Å². The van der Waals surface area contributed by atoms with Crippen molar-refractivity contribution in [1.82, 2.24) is 10.2 Å². The molecule has 0 aliphatic rings. The summed E-state index contributed by atoms with van der Waals surface area (Å²) in [5.74, 6) is -0.0544. The van der Waals surface area contributed by atoms with Crippen molar-refractivity contribution in [3.63, 3.8) is 0 Å². The molecule has 0 spiro atoms. The van der Waals surface area contributed by atoms with Gasteiger partial charge in [0.15, 0.2) is 0 Å². The molecule has 11 heavy (non-hydrogen) atoms. The molecule has 0 aromatic heterocycles. The molecule has 0 aliphatic carbocycles. The number of nitrogens with zero attached hydrogens (tertiary/aromatic N) is 1. The normalized spacial score (nSPS) is 9.82. The first-order valence-corrected chi connectivity index (χ1v) is 3.68. The van der Waals surface area contributed by atoms with Gasteiger partial charge in [-0.1, -0.05) is 6.58 Å². The van der Waals surface area contributed by atoms with Crippen LogP contribution in [0.2, 0.25) is 0 Å². The van der Waals surface area contributed by atoms with E-state index < -0.39 is 0 Å². The van der Waals surface area contributed by atoms with Crippen molar-refractivity contribution in [1.29, 1.82) is 0 Å². The fraction of sp³-hybridized carbons (Fsp3) is 0.625. The fourth-order valence-corrected chi connectivity index (χ4v) is 0.739. The van der Waals surface area contributed by atoms with Crippen LogP contribution in [0.3, 0.4) is 0 Å². The zero-order valence-electron chi connectivity index (χ0n) is 7.48. The summed E-state index contributed by atoms with van der Waals surface area (Å²) >= 11 is 0. The lowest BCUT2D eigenvalue weighted by Crippen LogP contribution is -2.29. The van der Waals surface area contributed by atoms with Gasteiger partial charge in [0, 0.05) is 18.7 Å². The molecule has 1 N–H and O–H groups in total. The number of carbonyl (C=O) groups excluding carboxylic acids is 1. The van der Waals surface area contributed by atoms with Gasteiger partial charge in [-0.05, 0) is 21.0 Å². The summed E-state index contributed by atoms with van der Waals surface area (Å²) in [7, 11) is 3.81. The molecule has 0 unspecified atom stereocenters. The molecule has 0 heterocycles. The van der Waals surface area contributed by atoms with Gasteiger partial charge in [-0.2, -0.15) is 0 Å². The Morgan fingerprint density at radius 3 is 2.45 bits per heavy atom. The average Bonchev–Trinajstić information content (AvgIpc) is 1.86. The number of amides is 1. The van der Waals surface area contributed by atoms with Crippen molar-refractivity contribution in [3.05, 3.63) is 12.2 Å². The Labute approximate surface area is 68.1 Å². The van der Waals surface area contributed by atoms with Crippen LogP contribution in [0.4, 0.5) is 0 Å². The van der Waals surface area contributed by atoms with E-state index in [1.54, 1.807) is 0 Å². The Morgan fingerprint density at radius 1 is 1.55 bits per heavy atom. The zero-order chi connectivity index (χ0) is 8.85. The minimum atomic E-state index is -0.0544. The highest BCUT2D eigenvalue weighted by molar-refractivity contribution is 5.93. The number of carbonyl (C=O) groups is 1. The monoisotopic (exact) mass is 156 g/mol. The predicted octanol–water partition coefficient (Wildman–Crippen LogP) is 0.240. The van der Waals surface area contributed by atoms with E-state index in [2.05, 4.69) is 11.9 Å². The Balaban J connectivity index is 3.74. The molecule has 0 bridgehead atoms. The number of likely N-dealkylation sites (N-methyl/N-ethyl adjacent to an activating group) is 2. The molecule has 0 atom stereocenters. The summed E-state index contributed by atoms with van der Waals surface area (Å²) in [4.78, 5) is 13.0. The summed E-state index contributed by atoms with van der Waals surface area (Å²) < 4.78 is 0. The van der Waals surface area contributed by atoms with Gasteiger partial charge in [0.05, 0.1) is 0 Å². The molecular formula is C8H16N2O. The molecule has 0 fully saturated rings. The first-order chi connectivity index (χ1) is 5.07. The largest absolute Gasteiger partial charge is 0.353 e. The number of hydrogen-bond donors (Lipinski definition) is 1. The average molecular weight is 156 g/mol. The lowest BCUT2D eigenvalue weighted by molar-refractivity contribution is -0.117. The Hall–Kier alpha value is -0.830. The van der Waals surface area contributed by atoms with E-state index in [9.17, 15) is 4.79 Å². The number of rotatable bonds is 4. The molecule has 0 saturated heterocycles. The molecule has 3 nitrogen and oxygen atoms in total. The van der Waals surface area contributed by atoms with Gasteiger partial charge in [0.1, 0.15) is 0 Å². The van der Waals surface area contributed by atoms with Gasteiger partial charge in [-0.15, -0.1) is 0 Å². The van der Waals surface area contributed by atoms with E-state index >= 15 is 0 Å². The molecule has 0 saturated carbocycles. The first kappa shape index (κ1) is 10.2. The molecule has 1 amide bonds. The highest BCUT2D eigenvalue weighted by atomic mass is 16.1. The van der Waals surface area contributed by atoms with E-state index in [4.69, 9.17) is 0 Å². The molecule has 0 radical (unpaired) electrons. The third-order valence-corrected chi connectivity index (χ3v) is 1.17. The molecule has 0 rings (SSSR count). The molecule has 0 aromatic carbocycles. The Bertz CT molecular complexity index is 152. The quantitative estimate of drug-likeness (QED) is 0.591. The number of nitrogens with one attached hydrogen (secondary N) is 1. The summed E-state index contributed by atoms with van der Waals surface area (Å²) in [6.45, 7) is 6.82. The summed E-state index contributed by atoms with van der Waals surface area (Å²) in [5.41, 5.74) is 0.608. The Kier molecular flexibility index (Phi) is 4.54. The topological polar surface area (TPSA) is 32.3 Å². The lowest BCUT2D eigenvalue weighted by atomic mass is 10.3. The maximum absolute atomic E-state index is 11.0. The van der Waals surface area contributed by atoms with E-state index in [1.807, 2.05) is 25.9 Å². The van der Waals surface area contributed by atoms with Gasteiger partial charge < -0.3 is 10.2 Å². The molecular weight excluding hydrogens is 140 g/mol. The van der Waals surface area contributed by atoms with Crippen molar-refractivity contribution >= 4 is 5.91 Å². The smallest absolute Gasteiger partial charge is 0.247 e. The first-order valence-electron chi connectivity index (χ1n) is 3.68. The van der Waals surface area contributed by atoms with Crippen molar-refractivity contribution in [2.45, 2.75) is 6.92 Å². The van der Waals surface area contributed by atoms with Gasteiger partial charge in [-0.25, -0.2) is 0 Å². The van der Waals surface area contributed by atoms with Gasteiger partial charge in [0.2, 0.25) is 5.91 Å². The molecule has 3 heteroatoms. The lowest BCUT2D eigenvalue weighted by Gasteiger charge is -2.10. The van der Waals surface area contributed by atoms with Gasteiger partial charge >= 0.3 is 0 Å². The molecule has 64 valence electrons. The minimum absolute atomic E-state index is 0.0544. The van der Waals surface area contributed by atoms with Crippen LogP contribution < -0.4 is 5.32 Å². The van der Waals surface area contributed by atoms with Crippen LogP contribution in [-0.2, 0) is 4.79 Å². The summed E-state index contributed by atoms with van der Waals surface area (Å²) in [6.07, 6.45) is 0. The van der Waals surface area contributed by atoms with E-state index in [0.717, 1.165) is 0 Å². The molecule has 0 aliphatic heterocycles. The highest BCUT2D eigenvalue weighted by Gasteiger charge is 2.04. The van der Waals surface area contributed by atoms with E-state index in [0.29, 0.717) is 18.7 Å². The second kappa shape index (κ2) is 4.91. The standard InChI is InChI=1S/C8H16N2O/c1-5-9-8(11)7(2)6-10(3)4/h2,5-6H2,1,3-4H3,(H,9,11). The third-order valence-electron chi connectivity index (χ3n) is 1.17. The second-order valence-electron chi connectivity index (χ2n) is 2.70. The maximum atomic E-state index is 11.0. The van der Waals surface area contributed by atoms with Gasteiger partial charge in [0.25, 0.3) is 0 Å². The van der Waals surface area contributed by atoms with E-state index in [-0.39, 0.29) is 5.91 Å². The van der Waals surface area contributed by atoms with Crippen LogP contribution >= 0.6 is 0 Å². The van der Waals surface area contributed by atoms with Crippen LogP contribution in [0.15, 0.2) is 12.2 Å². The van der Waals surface area contributed by atoms with Crippen LogP contribution in [0.25, 0.3) is 0 Å². The summed E-state index contributed by atoms with van der Waals surface area (Å²) in [5, 5.41) is 2.69. The summed E-state index contributed by atoms with van der Waals surface area (Å²) in [6, 6.07) is 0. The van der Waals surface area contributed by atoms with Crippen molar-refractivity contribution < 1.29 is 4.79 Å².